The van der Waals surface area contributed by atoms with E-state index in [2.05, 4.69) is 62.3 Å². The zero-order valence-electron chi connectivity index (χ0n) is 15.9. The third-order valence-corrected chi connectivity index (χ3v) is 14.2. The summed E-state index contributed by atoms with van der Waals surface area (Å²) >= 11 is 0. The highest BCUT2D eigenvalue weighted by atomic mass is 28.3. The van der Waals surface area contributed by atoms with Gasteiger partial charge in [-0.15, -0.1) is 0 Å². The molecule has 1 aliphatic carbocycles. The molecule has 0 amide bonds. The maximum atomic E-state index is 12.9. The Hall–Kier alpha value is -0.113. The van der Waals surface area contributed by atoms with Crippen LogP contribution in [0.15, 0.2) is 0 Å². The number of carbonyl (C=O) groups excluding carboxylic acids is 1. The largest absolute Gasteiger partial charge is 0.300 e. The van der Waals surface area contributed by atoms with Crippen molar-refractivity contribution in [3.8, 4) is 0 Å². The number of ketones is 1. The molecule has 0 aromatic rings. The lowest BCUT2D eigenvalue weighted by molar-refractivity contribution is -0.121. The van der Waals surface area contributed by atoms with Crippen LogP contribution in [0.4, 0.5) is 0 Å². The molecule has 1 nitrogen and oxygen atoms in total. The molecule has 2 atom stereocenters. The number of hydrogen-bond donors (Lipinski definition) is 0. The summed E-state index contributed by atoms with van der Waals surface area (Å²) in [6.45, 7) is 21.4. The zero-order chi connectivity index (χ0) is 16.6. The van der Waals surface area contributed by atoms with Gasteiger partial charge in [0, 0.05) is 12.0 Å². The molecule has 1 fully saturated rings. The predicted molar refractivity (Wildman–Crippen MR) is 96.6 cm³/mol. The van der Waals surface area contributed by atoms with Crippen LogP contribution in [0, 0.1) is 11.3 Å². The van der Waals surface area contributed by atoms with Crippen molar-refractivity contribution in [2.24, 2.45) is 11.3 Å². The topological polar surface area (TPSA) is 17.1 Å². The molecule has 0 bridgehead atoms. The van der Waals surface area contributed by atoms with Gasteiger partial charge in [-0.05, 0) is 40.8 Å². The zero-order valence-corrected chi connectivity index (χ0v) is 16.9. The fourth-order valence-corrected chi connectivity index (χ4v) is 13.3. The highest BCUT2D eigenvalue weighted by Crippen LogP contribution is 2.55. The molecule has 0 N–H and O–H groups in total. The third-order valence-electron chi connectivity index (χ3n) is 6.48. The predicted octanol–water partition coefficient (Wildman–Crippen LogP) is 6.45. The molecular weight excluding hydrogens is 272 g/mol. The van der Waals surface area contributed by atoms with Gasteiger partial charge >= 0.3 is 0 Å². The SMILES string of the molecule is CC(C)[Si](C(C)C)(C(C)C)[C@H]1C[C@@H](C(C)(C)C)CCC1=O. The van der Waals surface area contributed by atoms with Crippen molar-refractivity contribution in [3.05, 3.63) is 0 Å². The van der Waals surface area contributed by atoms with Gasteiger partial charge < -0.3 is 0 Å². The second-order valence-electron chi connectivity index (χ2n) is 9.32. The van der Waals surface area contributed by atoms with E-state index in [0.717, 1.165) is 19.3 Å². The normalized spacial score (nSPS) is 25.2. The minimum atomic E-state index is -1.66. The van der Waals surface area contributed by atoms with Crippen molar-refractivity contribution in [3.63, 3.8) is 0 Å². The Labute approximate surface area is 134 Å². The van der Waals surface area contributed by atoms with Gasteiger partial charge in [-0.3, -0.25) is 4.79 Å². The van der Waals surface area contributed by atoms with E-state index >= 15 is 0 Å². The van der Waals surface area contributed by atoms with Gasteiger partial charge in [-0.25, -0.2) is 0 Å². The van der Waals surface area contributed by atoms with E-state index in [4.69, 9.17) is 0 Å². The molecule has 1 aliphatic rings. The average molecular weight is 311 g/mol. The quantitative estimate of drug-likeness (QED) is 0.545. The first-order valence-corrected chi connectivity index (χ1v) is 11.3. The first-order chi connectivity index (χ1) is 9.45. The van der Waals surface area contributed by atoms with Crippen LogP contribution in [0.3, 0.4) is 0 Å². The molecule has 0 aromatic carbocycles. The summed E-state index contributed by atoms with van der Waals surface area (Å²) in [5.74, 6) is 1.31. The van der Waals surface area contributed by atoms with Crippen LogP contribution in [0.25, 0.3) is 0 Å². The molecule has 0 radical (unpaired) electrons. The molecule has 0 heterocycles. The molecule has 0 saturated heterocycles. The van der Waals surface area contributed by atoms with Crippen LogP contribution in [-0.4, -0.2) is 13.9 Å². The maximum absolute atomic E-state index is 12.9. The number of Topliss-reactive ketones (excluding diaryl/α,β-unsaturated/α-hetero) is 1. The van der Waals surface area contributed by atoms with E-state index in [1.54, 1.807) is 0 Å². The molecule has 0 spiro atoms. The van der Waals surface area contributed by atoms with Crippen LogP contribution >= 0.6 is 0 Å². The molecule has 124 valence electrons. The van der Waals surface area contributed by atoms with Gasteiger partial charge in [0.2, 0.25) is 0 Å². The van der Waals surface area contributed by atoms with Gasteiger partial charge in [0.25, 0.3) is 0 Å². The summed E-state index contributed by atoms with van der Waals surface area (Å²) in [7, 11) is -1.66. The molecule has 21 heavy (non-hydrogen) atoms. The smallest absolute Gasteiger partial charge is 0.133 e. The molecule has 0 aromatic heterocycles. The van der Waals surface area contributed by atoms with Crippen molar-refractivity contribution >= 4 is 13.9 Å². The minimum Gasteiger partial charge on any atom is -0.300 e. The summed E-state index contributed by atoms with van der Waals surface area (Å²) in [4.78, 5) is 12.9. The fraction of sp³-hybridized carbons (Fsp3) is 0.947. The summed E-state index contributed by atoms with van der Waals surface area (Å²) in [5, 5.41) is 0. The molecule has 1 rings (SSSR count). The van der Waals surface area contributed by atoms with E-state index < -0.39 is 8.07 Å². The maximum Gasteiger partial charge on any atom is 0.133 e. The Balaban J connectivity index is 3.25. The highest BCUT2D eigenvalue weighted by molar-refractivity contribution is 6.87. The van der Waals surface area contributed by atoms with Crippen molar-refractivity contribution in [2.45, 2.75) is 104 Å². The fourth-order valence-electron chi connectivity index (χ4n) is 5.50. The average Bonchev–Trinajstić information content (AvgIpc) is 2.29. The van der Waals surface area contributed by atoms with Crippen LogP contribution < -0.4 is 0 Å². The second kappa shape index (κ2) is 6.56. The van der Waals surface area contributed by atoms with Crippen molar-refractivity contribution < 1.29 is 4.79 Å². The van der Waals surface area contributed by atoms with Gasteiger partial charge in [0.1, 0.15) is 5.78 Å². The Morgan fingerprint density at radius 1 is 0.952 bits per heavy atom. The lowest BCUT2D eigenvalue weighted by Crippen LogP contribution is -2.53. The lowest BCUT2D eigenvalue weighted by Gasteiger charge is -2.52. The Morgan fingerprint density at radius 2 is 1.38 bits per heavy atom. The van der Waals surface area contributed by atoms with E-state index in [1.165, 1.54) is 0 Å². The number of rotatable bonds is 4. The van der Waals surface area contributed by atoms with Crippen molar-refractivity contribution in [1.29, 1.82) is 0 Å². The second-order valence-corrected chi connectivity index (χ2v) is 15.5. The number of hydrogen-bond acceptors (Lipinski definition) is 1. The van der Waals surface area contributed by atoms with Gasteiger partial charge in [-0.1, -0.05) is 62.3 Å². The first kappa shape index (κ1) is 18.9. The van der Waals surface area contributed by atoms with Crippen LogP contribution in [-0.2, 0) is 4.79 Å². The van der Waals surface area contributed by atoms with E-state index in [-0.39, 0.29) is 0 Å². The summed E-state index contributed by atoms with van der Waals surface area (Å²) < 4.78 is 0. The third kappa shape index (κ3) is 3.46. The summed E-state index contributed by atoms with van der Waals surface area (Å²) in [5.41, 5.74) is 2.78. The Kier molecular flexibility index (Phi) is 5.91. The minimum absolute atomic E-state index is 0.337. The van der Waals surface area contributed by atoms with Gasteiger partial charge in [-0.2, -0.15) is 0 Å². The Bertz CT molecular complexity index is 340. The van der Waals surface area contributed by atoms with Crippen LogP contribution in [0.5, 0.6) is 0 Å². The highest BCUT2D eigenvalue weighted by Gasteiger charge is 2.53. The first-order valence-electron chi connectivity index (χ1n) is 8.98. The van der Waals surface area contributed by atoms with Crippen LogP contribution in [0.1, 0.15) is 81.6 Å². The number of carbonyl (C=O) groups is 1. The standard InChI is InChI=1S/C19H38OSi/c1-13(2)21(14(3)4,15(5)6)18-12-16(19(7,8)9)10-11-17(18)20/h13-16,18H,10-12H2,1-9H3/t16-,18-/m0/s1. The molecule has 2 heteroatoms. The molecule has 1 saturated carbocycles. The Morgan fingerprint density at radius 3 is 1.71 bits per heavy atom. The van der Waals surface area contributed by atoms with Crippen molar-refractivity contribution in [1.82, 2.24) is 0 Å². The van der Waals surface area contributed by atoms with E-state index in [1.807, 2.05) is 0 Å². The van der Waals surface area contributed by atoms with Gasteiger partial charge in [0.15, 0.2) is 0 Å². The van der Waals surface area contributed by atoms with Gasteiger partial charge in [0.05, 0.1) is 8.07 Å². The molecule has 0 unspecified atom stereocenters. The monoisotopic (exact) mass is 310 g/mol. The van der Waals surface area contributed by atoms with Crippen molar-refractivity contribution in [2.75, 3.05) is 0 Å². The van der Waals surface area contributed by atoms with Crippen LogP contribution in [0.2, 0.25) is 22.2 Å². The van der Waals surface area contributed by atoms with E-state index in [9.17, 15) is 4.79 Å². The summed E-state index contributed by atoms with van der Waals surface area (Å²) in [6, 6.07) is 0. The summed E-state index contributed by atoms with van der Waals surface area (Å²) in [6.07, 6.45) is 3.09. The molecular formula is C19H38OSi. The molecule has 0 aliphatic heterocycles. The van der Waals surface area contributed by atoms with E-state index in [0.29, 0.717) is 39.3 Å². The lowest BCUT2D eigenvalue weighted by atomic mass is 9.72.